The second-order valence-corrected chi connectivity index (χ2v) is 6.27. The van der Waals surface area contributed by atoms with Gasteiger partial charge in [-0.05, 0) is 12.1 Å². The lowest BCUT2D eigenvalue weighted by atomic mass is 9.92. The van der Waals surface area contributed by atoms with Crippen molar-refractivity contribution in [1.29, 1.82) is 0 Å². The Morgan fingerprint density at radius 3 is 2.81 bits per heavy atom. The Kier molecular flexibility index (Phi) is 4.47. The van der Waals surface area contributed by atoms with E-state index in [1.54, 1.807) is 30.7 Å². The summed E-state index contributed by atoms with van der Waals surface area (Å²) in [4.78, 5) is 17.9. The molecule has 1 aliphatic heterocycles. The van der Waals surface area contributed by atoms with Crippen molar-refractivity contribution in [1.82, 2.24) is 9.38 Å². The lowest BCUT2D eigenvalue weighted by Gasteiger charge is -2.40. The van der Waals surface area contributed by atoms with E-state index in [0.717, 1.165) is 0 Å². The third-order valence-electron chi connectivity index (χ3n) is 4.54. The number of pyridine rings is 1. The highest BCUT2D eigenvalue weighted by Crippen LogP contribution is 2.40. The lowest BCUT2D eigenvalue weighted by Crippen LogP contribution is -2.47. The number of benzene rings is 1. The number of hydrogen-bond acceptors (Lipinski definition) is 3. The first-order valence-electron chi connectivity index (χ1n) is 8.48. The number of hydrogen-bond donors (Lipinski definition) is 0. The van der Waals surface area contributed by atoms with E-state index >= 15 is 0 Å². The highest BCUT2D eigenvalue weighted by Gasteiger charge is 2.39. The topological polar surface area (TPSA) is 46.8 Å². The number of aromatic nitrogens is 2. The van der Waals surface area contributed by atoms with E-state index in [2.05, 4.69) is 4.98 Å². The minimum atomic E-state index is -2.46. The molecule has 1 aromatic carbocycles. The molecule has 0 spiro atoms. The van der Waals surface area contributed by atoms with E-state index < -0.39 is 24.7 Å². The zero-order valence-electron chi connectivity index (χ0n) is 14.2. The number of nitrogens with zero attached hydrogens (tertiary/aromatic N) is 3. The molecule has 0 radical (unpaired) electrons. The summed E-state index contributed by atoms with van der Waals surface area (Å²) < 4.78 is 45.8. The summed E-state index contributed by atoms with van der Waals surface area (Å²) in [6.45, 7) is -0.186. The Labute approximate surface area is 153 Å². The molecule has 5 nitrogen and oxygen atoms in total. The fraction of sp³-hybridized carbons (Fsp3) is 0.263. The molecule has 0 unspecified atom stereocenters. The van der Waals surface area contributed by atoms with Gasteiger partial charge in [-0.1, -0.05) is 6.07 Å². The van der Waals surface area contributed by atoms with Gasteiger partial charge in [-0.3, -0.25) is 4.79 Å². The molecule has 1 aliphatic rings. The Balaban J connectivity index is 1.54. The fourth-order valence-corrected chi connectivity index (χ4v) is 3.17. The van der Waals surface area contributed by atoms with Gasteiger partial charge in [-0.15, -0.1) is 0 Å². The second-order valence-electron chi connectivity index (χ2n) is 6.27. The number of carbonyl (C=O) groups excluding carboxylic acids is 1. The summed E-state index contributed by atoms with van der Waals surface area (Å²) in [6.07, 6.45) is 2.56. The first-order valence-corrected chi connectivity index (χ1v) is 8.48. The van der Waals surface area contributed by atoms with Crippen molar-refractivity contribution < 1.29 is 22.7 Å². The maximum Gasteiger partial charge on any atom is 0.241 e. The summed E-state index contributed by atoms with van der Waals surface area (Å²) in [7, 11) is 0. The molecule has 2 aromatic heterocycles. The lowest BCUT2D eigenvalue weighted by molar-refractivity contribution is -0.124. The molecule has 1 amide bonds. The van der Waals surface area contributed by atoms with E-state index in [4.69, 9.17) is 4.74 Å². The summed E-state index contributed by atoms with van der Waals surface area (Å²) in [6, 6.07) is 7.35. The van der Waals surface area contributed by atoms with Crippen LogP contribution < -0.4 is 9.64 Å². The van der Waals surface area contributed by atoms with E-state index in [-0.39, 0.29) is 24.7 Å². The van der Waals surface area contributed by atoms with Gasteiger partial charge in [0.05, 0.1) is 19.1 Å². The van der Waals surface area contributed by atoms with Crippen LogP contribution in [0, 0.1) is 5.82 Å². The van der Waals surface area contributed by atoms with Gasteiger partial charge in [0, 0.05) is 48.4 Å². The molecule has 0 saturated carbocycles. The highest BCUT2D eigenvalue weighted by atomic mass is 19.3. The number of fused-ring (bicyclic) bond motifs is 1. The predicted molar refractivity (Wildman–Crippen MR) is 92.6 cm³/mol. The number of ether oxygens (including phenoxy) is 1. The minimum Gasteiger partial charge on any atom is -0.493 e. The van der Waals surface area contributed by atoms with Gasteiger partial charge < -0.3 is 14.0 Å². The standard InChI is InChI=1S/C19H16F3N3O2/c20-15-10-13(27-8-4-17(21)22)1-2-14(15)16-11-19(26)25(16)12-3-6-24-7-5-23-18(24)9-12/h1-3,5-7,9-10,16-17H,4,8,11H2/t16-/m0/s1. The summed E-state index contributed by atoms with van der Waals surface area (Å²) in [5.74, 6) is -0.450. The zero-order valence-corrected chi connectivity index (χ0v) is 14.2. The van der Waals surface area contributed by atoms with Gasteiger partial charge in [0.15, 0.2) is 0 Å². The molecule has 27 heavy (non-hydrogen) atoms. The van der Waals surface area contributed by atoms with E-state index in [1.807, 2.05) is 4.40 Å². The van der Waals surface area contributed by atoms with Crippen LogP contribution >= 0.6 is 0 Å². The third kappa shape index (κ3) is 3.34. The zero-order chi connectivity index (χ0) is 19.0. The number of anilines is 1. The number of β-lactam (4-membered cyclic amide) rings is 1. The fourth-order valence-electron chi connectivity index (χ4n) is 3.17. The average Bonchev–Trinajstić information content (AvgIpc) is 3.08. The van der Waals surface area contributed by atoms with Crippen LogP contribution in [0.2, 0.25) is 0 Å². The van der Waals surface area contributed by atoms with Crippen LogP contribution in [-0.4, -0.2) is 28.3 Å². The molecule has 3 heterocycles. The van der Waals surface area contributed by atoms with Crippen LogP contribution in [0.4, 0.5) is 18.9 Å². The van der Waals surface area contributed by atoms with Gasteiger partial charge in [-0.2, -0.15) is 0 Å². The number of imidazole rings is 1. The summed E-state index contributed by atoms with van der Waals surface area (Å²) in [5.41, 5.74) is 1.69. The Morgan fingerprint density at radius 2 is 2.07 bits per heavy atom. The van der Waals surface area contributed by atoms with Crippen LogP contribution in [0.3, 0.4) is 0 Å². The van der Waals surface area contributed by atoms with Gasteiger partial charge >= 0.3 is 0 Å². The number of carbonyl (C=O) groups is 1. The SMILES string of the molecule is O=C1C[C@@H](c2ccc(OCCC(F)F)cc2F)N1c1ccn2ccnc2c1. The number of rotatable bonds is 6. The Morgan fingerprint density at radius 1 is 1.22 bits per heavy atom. The maximum absolute atomic E-state index is 14.5. The predicted octanol–water partition coefficient (Wildman–Crippen LogP) is 3.99. The summed E-state index contributed by atoms with van der Waals surface area (Å²) in [5, 5.41) is 0. The van der Waals surface area contributed by atoms with Crippen molar-refractivity contribution in [2.24, 2.45) is 0 Å². The minimum absolute atomic E-state index is 0.104. The van der Waals surface area contributed by atoms with Crippen LogP contribution in [0.5, 0.6) is 5.75 Å². The molecule has 1 fully saturated rings. The first-order chi connectivity index (χ1) is 13.0. The van der Waals surface area contributed by atoms with E-state index in [0.29, 0.717) is 16.9 Å². The van der Waals surface area contributed by atoms with Crippen molar-refractivity contribution >= 4 is 17.2 Å². The molecule has 1 atom stereocenters. The largest absolute Gasteiger partial charge is 0.493 e. The quantitative estimate of drug-likeness (QED) is 0.612. The first kappa shape index (κ1) is 17.4. The van der Waals surface area contributed by atoms with Gasteiger partial charge in [0.25, 0.3) is 0 Å². The molecule has 0 aliphatic carbocycles. The highest BCUT2D eigenvalue weighted by molar-refractivity contribution is 6.01. The second kappa shape index (κ2) is 6.94. The van der Waals surface area contributed by atoms with E-state index in [1.165, 1.54) is 23.1 Å². The molecule has 4 rings (SSSR count). The Hall–Kier alpha value is -3.03. The van der Waals surface area contributed by atoms with Crippen LogP contribution in [-0.2, 0) is 4.79 Å². The van der Waals surface area contributed by atoms with Crippen molar-refractivity contribution in [3.63, 3.8) is 0 Å². The normalized spacial score (nSPS) is 16.8. The number of amides is 1. The van der Waals surface area contributed by atoms with Crippen molar-refractivity contribution in [3.05, 3.63) is 60.3 Å². The number of halogens is 3. The van der Waals surface area contributed by atoms with Gasteiger partial charge in [-0.25, -0.2) is 18.2 Å². The Bertz CT molecular complexity index is 989. The molecule has 140 valence electrons. The molecular formula is C19H16F3N3O2. The van der Waals surface area contributed by atoms with Crippen LogP contribution in [0.25, 0.3) is 5.65 Å². The van der Waals surface area contributed by atoms with Crippen LogP contribution in [0.15, 0.2) is 48.9 Å². The molecule has 3 aromatic rings. The van der Waals surface area contributed by atoms with Crippen molar-refractivity contribution in [2.45, 2.75) is 25.3 Å². The van der Waals surface area contributed by atoms with Crippen molar-refractivity contribution in [3.8, 4) is 5.75 Å². The molecule has 0 bridgehead atoms. The molecule has 0 N–H and O–H groups in total. The monoisotopic (exact) mass is 375 g/mol. The average molecular weight is 375 g/mol. The van der Waals surface area contributed by atoms with Gasteiger partial charge in [0.2, 0.25) is 12.3 Å². The van der Waals surface area contributed by atoms with Crippen LogP contribution in [0.1, 0.15) is 24.4 Å². The molecule has 8 heteroatoms. The van der Waals surface area contributed by atoms with Crippen molar-refractivity contribution in [2.75, 3.05) is 11.5 Å². The number of alkyl halides is 2. The molecular weight excluding hydrogens is 359 g/mol. The van der Waals surface area contributed by atoms with Gasteiger partial charge in [0.1, 0.15) is 17.2 Å². The third-order valence-corrected chi connectivity index (χ3v) is 4.54. The molecule has 1 saturated heterocycles. The van der Waals surface area contributed by atoms with E-state index in [9.17, 15) is 18.0 Å². The summed E-state index contributed by atoms with van der Waals surface area (Å²) >= 11 is 0. The maximum atomic E-state index is 14.5. The smallest absolute Gasteiger partial charge is 0.241 e.